The van der Waals surface area contributed by atoms with Gasteiger partial charge in [0.15, 0.2) is 0 Å². The number of carbonyl (C=O) groups is 2. The Labute approximate surface area is 192 Å². The van der Waals surface area contributed by atoms with E-state index in [4.69, 9.17) is 15.2 Å². The first kappa shape index (κ1) is 23.0. The number of ether oxygens (including phenoxy) is 2. The van der Waals surface area contributed by atoms with Gasteiger partial charge in [0.25, 0.3) is 0 Å². The third-order valence-corrected chi connectivity index (χ3v) is 5.92. The Morgan fingerprint density at radius 3 is 2.55 bits per heavy atom. The predicted octanol–water partition coefficient (Wildman–Crippen LogP) is 2.37. The first-order valence-corrected chi connectivity index (χ1v) is 11.2. The summed E-state index contributed by atoms with van der Waals surface area (Å²) in [5, 5.41) is 0. The van der Waals surface area contributed by atoms with Crippen LogP contribution in [0.1, 0.15) is 12.0 Å². The molecule has 2 amide bonds. The van der Waals surface area contributed by atoms with E-state index < -0.39 is 11.9 Å². The molecule has 0 aromatic heterocycles. The van der Waals surface area contributed by atoms with Crippen molar-refractivity contribution in [2.24, 2.45) is 5.73 Å². The molecule has 0 saturated carbocycles. The lowest BCUT2D eigenvalue weighted by Crippen LogP contribution is -2.49. The molecule has 2 aliphatic heterocycles. The van der Waals surface area contributed by atoms with Crippen molar-refractivity contribution in [2.45, 2.75) is 19.1 Å². The van der Waals surface area contributed by atoms with Crippen LogP contribution in [0.5, 0.6) is 0 Å². The summed E-state index contributed by atoms with van der Waals surface area (Å²) in [5.74, 6) is -0.369. The van der Waals surface area contributed by atoms with Gasteiger partial charge in [-0.15, -0.1) is 0 Å². The van der Waals surface area contributed by atoms with Crippen LogP contribution in [-0.2, 0) is 20.9 Å². The SMILES string of the molecule is NC[C@H]1CN(c2ccc(N3CCN(C(=O)CCOCc4ccccc4)CC3)c(F)c2)C(=O)O1. The van der Waals surface area contributed by atoms with Gasteiger partial charge in [-0.1, -0.05) is 30.3 Å². The van der Waals surface area contributed by atoms with Crippen LogP contribution in [0.15, 0.2) is 48.5 Å². The van der Waals surface area contributed by atoms with E-state index in [9.17, 15) is 14.0 Å². The van der Waals surface area contributed by atoms with Crippen LogP contribution in [0.2, 0.25) is 0 Å². The molecule has 176 valence electrons. The summed E-state index contributed by atoms with van der Waals surface area (Å²) in [7, 11) is 0. The van der Waals surface area contributed by atoms with E-state index >= 15 is 0 Å². The maximum absolute atomic E-state index is 14.9. The van der Waals surface area contributed by atoms with Gasteiger partial charge in [-0.25, -0.2) is 9.18 Å². The van der Waals surface area contributed by atoms with Gasteiger partial charge in [-0.2, -0.15) is 0 Å². The third-order valence-electron chi connectivity index (χ3n) is 5.92. The molecule has 8 nitrogen and oxygen atoms in total. The molecule has 0 unspecified atom stereocenters. The summed E-state index contributed by atoms with van der Waals surface area (Å²) in [4.78, 5) is 29.6. The molecular formula is C24H29FN4O4. The summed E-state index contributed by atoms with van der Waals surface area (Å²) < 4.78 is 25.6. The van der Waals surface area contributed by atoms with Gasteiger partial charge in [0.05, 0.1) is 37.6 Å². The highest BCUT2D eigenvalue weighted by Crippen LogP contribution is 2.28. The van der Waals surface area contributed by atoms with Crippen molar-refractivity contribution in [3.05, 3.63) is 59.9 Å². The average molecular weight is 457 g/mol. The molecule has 0 bridgehead atoms. The van der Waals surface area contributed by atoms with Crippen LogP contribution in [-0.4, -0.2) is 68.9 Å². The van der Waals surface area contributed by atoms with Crippen LogP contribution in [0.3, 0.4) is 0 Å². The quantitative estimate of drug-likeness (QED) is 0.614. The van der Waals surface area contributed by atoms with Crippen molar-refractivity contribution in [3.63, 3.8) is 0 Å². The first-order chi connectivity index (χ1) is 16.0. The molecule has 2 heterocycles. The van der Waals surface area contributed by atoms with E-state index in [0.29, 0.717) is 63.7 Å². The maximum Gasteiger partial charge on any atom is 0.414 e. The fourth-order valence-electron chi connectivity index (χ4n) is 4.05. The normalized spacial score (nSPS) is 18.5. The van der Waals surface area contributed by atoms with Crippen molar-refractivity contribution >= 4 is 23.4 Å². The summed E-state index contributed by atoms with van der Waals surface area (Å²) in [6.07, 6.45) is -0.571. The number of nitrogens with zero attached hydrogens (tertiary/aromatic N) is 3. The zero-order chi connectivity index (χ0) is 23.2. The fraction of sp³-hybridized carbons (Fsp3) is 0.417. The van der Waals surface area contributed by atoms with Crippen molar-refractivity contribution in [2.75, 3.05) is 55.7 Å². The van der Waals surface area contributed by atoms with E-state index in [0.717, 1.165) is 5.56 Å². The molecular weight excluding hydrogens is 427 g/mol. The Morgan fingerprint density at radius 1 is 1.12 bits per heavy atom. The standard InChI is InChI=1S/C24H29FN4O4/c25-21-14-19(29-16-20(15-26)33-24(29)31)6-7-22(21)27-9-11-28(12-10-27)23(30)8-13-32-17-18-4-2-1-3-5-18/h1-7,14,20H,8-13,15-17,26H2/t20-/m0/s1. The molecule has 2 fully saturated rings. The van der Waals surface area contributed by atoms with Crippen LogP contribution in [0, 0.1) is 5.82 Å². The van der Waals surface area contributed by atoms with Gasteiger partial charge in [0, 0.05) is 32.7 Å². The predicted molar refractivity (Wildman–Crippen MR) is 123 cm³/mol. The fourth-order valence-corrected chi connectivity index (χ4v) is 4.05. The van der Waals surface area contributed by atoms with Gasteiger partial charge in [0.1, 0.15) is 11.9 Å². The summed E-state index contributed by atoms with van der Waals surface area (Å²) in [5.41, 5.74) is 7.54. The largest absolute Gasteiger partial charge is 0.443 e. The van der Waals surface area contributed by atoms with Gasteiger partial charge < -0.3 is 25.0 Å². The summed E-state index contributed by atoms with van der Waals surface area (Å²) in [6, 6.07) is 14.6. The number of halogens is 1. The highest BCUT2D eigenvalue weighted by Gasteiger charge is 2.32. The number of carbonyl (C=O) groups excluding carboxylic acids is 2. The number of piperazine rings is 1. The summed E-state index contributed by atoms with van der Waals surface area (Å²) >= 11 is 0. The number of nitrogens with two attached hydrogens (primary N) is 1. The van der Waals surface area contributed by atoms with E-state index in [1.807, 2.05) is 35.2 Å². The van der Waals surface area contributed by atoms with Crippen molar-refractivity contribution < 1.29 is 23.5 Å². The van der Waals surface area contributed by atoms with Crippen LogP contribution in [0.25, 0.3) is 0 Å². The van der Waals surface area contributed by atoms with Crippen LogP contribution < -0.4 is 15.5 Å². The highest BCUT2D eigenvalue weighted by atomic mass is 19.1. The minimum atomic E-state index is -0.516. The smallest absolute Gasteiger partial charge is 0.414 e. The van der Waals surface area contributed by atoms with Crippen LogP contribution in [0.4, 0.5) is 20.6 Å². The molecule has 2 N–H and O–H groups in total. The number of hydrogen-bond donors (Lipinski definition) is 1. The molecule has 4 rings (SSSR count). The zero-order valence-electron chi connectivity index (χ0n) is 18.5. The highest BCUT2D eigenvalue weighted by molar-refractivity contribution is 5.90. The lowest BCUT2D eigenvalue weighted by Gasteiger charge is -2.36. The van der Waals surface area contributed by atoms with Gasteiger partial charge >= 0.3 is 6.09 Å². The molecule has 2 aromatic rings. The minimum Gasteiger partial charge on any atom is -0.443 e. The average Bonchev–Trinajstić information content (AvgIpc) is 3.23. The van der Waals surface area contributed by atoms with Crippen molar-refractivity contribution in [3.8, 4) is 0 Å². The minimum absolute atomic E-state index is 0.0422. The lowest BCUT2D eigenvalue weighted by molar-refractivity contribution is -0.132. The Kier molecular flexibility index (Phi) is 7.41. The molecule has 33 heavy (non-hydrogen) atoms. The van der Waals surface area contributed by atoms with E-state index in [2.05, 4.69) is 0 Å². The van der Waals surface area contributed by atoms with Crippen molar-refractivity contribution in [1.29, 1.82) is 0 Å². The maximum atomic E-state index is 14.9. The molecule has 9 heteroatoms. The Hall–Kier alpha value is -3.17. The number of amides is 2. The second-order valence-electron chi connectivity index (χ2n) is 8.14. The van der Waals surface area contributed by atoms with E-state index in [1.165, 1.54) is 11.0 Å². The lowest BCUT2D eigenvalue weighted by atomic mass is 10.2. The van der Waals surface area contributed by atoms with Crippen LogP contribution >= 0.6 is 0 Å². The third kappa shape index (κ3) is 5.61. The molecule has 2 aliphatic rings. The molecule has 2 saturated heterocycles. The summed E-state index contributed by atoms with van der Waals surface area (Å²) in [6.45, 7) is 3.51. The van der Waals surface area contributed by atoms with Gasteiger partial charge in [-0.05, 0) is 23.8 Å². The number of anilines is 2. The van der Waals surface area contributed by atoms with Gasteiger partial charge in [0.2, 0.25) is 5.91 Å². The Balaban J connectivity index is 1.24. The molecule has 0 spiro atoms. The molecule has 0 aliphatic carbocycles. The Bertz CT molecular complexity index is 966. The van der Waals surface area contributed by atoms with Gasteiger partial charge in [-0.3, -0.25) is 9.69 Å². The van der Waals surface area contributed by atoms with Crippen molar-refractivity contribution in [1.82, 2.24) is 4.90 Å². The van der Waals surface area contributed by atoms with E-state index in [1.54, 1.807) is 17.0 Å². The number of benzene rings is 2. The molecule has 0 radical (unpaired) electrons. The zero-order valence-corrected chi connectivity index (χ0v) is 18.5. The van der Waals surface area contributed by atoms with E-state index in [-0.39, 0.29) is 18.6 Å². The number of hydrogen-bond acceptors (Lipinski definition) is 6. The molecule has 1 atom stereocenters. The monoisotopic (exact) mass is 456 g/mol. The number of rotatable bonds is 8. The second-order valence-corrected chi connectivity index (χ2v) is 8.14. The Morgan fingerprint density at radius 2 is 1.88 bits per heavy atom. The first-order valence-electron chi connectivity index (χ1n) is 11.2. The second kappa shape index (κ2) is 10.6. The topological polar surface area (TPSA) is 88.3 Å². The molecule has 2 aromatic carbocycles. The number of cyclic esters (lactones) is 1.